The molecule has 0 aromatic heterocycles. The van der Waals surface area contributed by atoms with Gasteiger partial charge in [-0.2, -0.15) is 0 Å². The van der Waals surface area contributed by atoms with Crippen LogP contribution in [0.2, 0.25) is 0 Å². The van der Waals surface area contributed by atoms with Crippen LogP contribution in [0.3, 0.4) is 0 Å². The van der Waals surface area contributed by atoms with Crippen LogP contribution in [0.25, 0.3) is 0 Å². The number of nitrogens with two attached hydrogens (primary N) is 1. The van der Waals surface area contributed by atoms with Gasteiger partial charge in [-0.3, -0.25) is 0 Å². The van der Waals surface area contributed by atoms with E-state index in [1.807, 2.05) is 4.90 Å². The summed E-state index contributed by atoms with van der Waals surface area (Å²) >= 11 is 0. The van der Waals surface area contributed by atoms with Crippen molar-refractivity contribution < 1.29 is 8.78 Å². The molecule has 1 aliphatic heterocycles. The maximum absolute atomic E-state index is 14.0. The topological polar surface area (TPSA) is 32.5 Å². The minimum absolute atomic E-state index is 0.102. The van der Waals surface area contributed by atoms with E-state index in [0.29, 0.717) is 24.6 Å². The van der Waals surface area contributed by atoms with E-state index in [2.05, 4.69) is 19.0 Å². The van der Waals surface area contributed by atoms with Gasteiger partial charge in [0.15, 0.2) is 0 Å². The number of hydrogen-bond acceptors (Lipinski definition) is 3. The molecule has 1 saturated heterocycles. The number of anilines is 1. The Morgan fingerprint density at radius 2 is 1.75 bits per heavy atom. The molecule has 2 rings (SSSR count). The van der Waals surface area contributed by atoms with Crippen LogP contribution in [0, 0.1) is 17.6 Å². The van der Waals surface area contributed by atoms with Crippen molar-refractivity contribution in [3.8, 4) is 0 Å². The van der Waals surface area contributed by atoms with E-state index in [0.717, 1.165) is 19.4 Å². The van der Waals surface area contributed by atoms with Crippen LogP contribution < -0.4 is 10.6 Å². The van der Waals surface area contributed by atoms with E-state index in [9.17, 15) is 8.78 Å². The maximum atomic E-state index is 14.0. The minimum Gasteiger partial charge on any atom is -0.367 e. The molecule has 0 atom stereocenters. The number of benzene rings is 1. The van der Waals surface area contributed by atoms with Gasteiger partial charge in [-0.15, -0.1) is 0 Å². The lowest BCUT2D eigenvalue weighted by Crippen LogP contribution is -2.38. The SMILES string of the molecule is CN(C)CC1CCN(c2c(F)cc(CN)cc2F)CC1. The second-order valence-corrected chi connectivity index (χ2v) is 5.80. The summed E-state index contributed by atoms with van der Waals surface area (Å²) in [4.78, 5) is 3.98. The first-order valence-corrected chi connectivity index (χ1v) is 7.09. The smallest absolute Gasteiger partial charge is 0.149 e. The summed E-state index contributed by atoms with van der Waals surface area (Å²) in [6.45, 7) is 2.59. The fraction of sp³-hybridized carbons (Fsp3) is 0.600. The van der Waals surface area contributed by atoms with Gasteiger partial charge >= 0.3 is 0 Å². The molecular weight excluding hydrogens is 260 g/mol. The zero-order chi connectivity index (χ0) is 14.7. The van der Waals surface area contributed by atoms with Gasteiger partial charge < -0.3 is 15.5 Å². The average Bonchev–Trinajstić information content (AvgIpc) is 2.39. The largest absolute Gasteiger partial charge is 0.367 e. The third kappa shape index (κ3) is 3.46. The summed E-state index contributed by atoms with van der Waals surface area (Å²) in [5, 5.41) is 0. The predicted octanol–water partition coefficient (Wildman–Crippen LogP) is 2.20. The third-order valence-electron chi connectivity index (χ3n) is 3.87. The van der Waals surface area contributed by atoms with Crippen molar-refractivity contribution >= 4 is 5.69 Å². The molecule has 5 heteroatoms. The molecule has 0 spiro atoms. The molecule has 1 aliphatic rings. The molecule has 3 nitrogen and oxygen atoms in total. The van der Waals surface area contributed by atoms with Crippen LogP contribution in [0.4, 0.5) is 14.5 Å². The molecule has 0 amide bonds. The van der Waals surface area contributed by atoms with Gasteiger partial charge in [-0.05, 0) is 50.6 Å². The van der Waals surface area contributed by atoms with Crippen molar-refractivity contribution in [2.75, 3.05) is 38.6 Å². The first kappa shape index (κ1) is 15.2. The van der Waals surface area contributed by atoms with Gasteiger partial charge in [-0.1, -0.05) is 0 Å². The van der Waals surface area contributed by atoms with Crippen molar-refractivity contribution in [2.45, 2.75) is 19.4 Å². The molecule has 1 heterocycles. The molecule has 1 aromatic carbocycles. The maximum Gasteiger partial charge on any atom is 0.149 e. The quantitative estimate of drug-likeness (QED) is 0.919. The summed E-state index contributed by atoms with van der Waals surface area (Å²) in [7, 11) is 4.11. The summed E-state index contributed by atoms with van der Waals surface area (Å²) in [6, 6.07) is 2.68. The molecule has 1 fully saturated rings. The lowest BCUT2D eigenvalue weighted by molar-refractivity contribution is 0.284. The molecule has 0 radical (unpaired) electrons. The summed E-state index contributed by atoms with van der Waals surface area (Å²) in [6.07, 6.45) is 1.94. The lowest BCUT2D eigenvalue weighted by Gasteiger charge is -2.35. The van der Waals surface area contributed by atoms with Gasteiger partial charge in [-0.25, -0.2) is 8.78 Å². The highest BCUT2D eigenvalue weighted by Crippen LogP contribution is 2.29. The van der Waals surface area contributed by atoms with Crippen molar-refractivity contribution in [1.29, 1.82) is 0 Å². The zero-order valence-corrected chi connectivity index (χ0v) is 12.2. The van der Waals surface area contributed by atoms with E-state index in [1.165, 1.54) is 12.1 Å². The highest BCUT2D eigenvalue weighted by molar-refractivity contribution is 5.51. The summed E-state index contributed by atoms with van der Waals surface area (Å²) in [5.74, 6) is -0.399. The van der Waals surface area contributed by atoms with Crippen molar-refractivity contribution in [3.63, 3.8) is 0 Å². The Labute approximate surface area is 119 Å². The molecule has 0 aliphatic carbocycles. The van der Waals surface area contributed by atoms with E-state index in [1.54, 1.807) is 0 Å². The van der Waals surface area contributed by atoms with E-state index < -0.39 is 11.6 Å². The average molecular weight is 283 g/mol. The number of piperidine rings is 1. The van der Waals surface area contributed by atoms with Gasteiger partial charge in [0.25, 0.3) is 0 Å². The second kappa shape index (κ2) is 6.50. The molecule has 0 unspecified atom stereocenters. The fourth-order valence-electron chi connectivity index (χ4n) is 2.89. The predicted molar refractivity (Wildman–Crippen MR) is 77.7 cm³/mol. The van der Waals surface area contributed by atoms with Crippen LogP contribution in [-0.2, 0) is 6.54 Å². The molecular formula is C15H23F2N3. The van der Waals surface area contributed by atoms with E-state index in [4.69, 9.17) is 5.73 Å². The zero-order valence-electron chi connectivity index (χ0n) is 12.2. The van der Waals surface area contributed by atoms with E-state index in [-0.39, 0.29) is 12.2 Å². The van der Waals surface area contributed by atoms with Crippen molar-refractivity contribution in [1.82, 2.24) is 4.90 Å². The Morgan fingerprint density at radius 1 is 1.20 bits per heavy atom. The Morgan fingerprint density at radius 3 is 2.20 bits per heavy atom. The van der Waals surface area contributed by atoms with Crippen LogP contribution >= 0.6 is 0 Å². The third-order valence-corrected chi connectivity index (χ3v) is 3.87. The Balaban J connectivity index is 2.07. The summed E-state index contributed by atoms with van der Waals surface area (Å²) < 4.78 is 28.1. The second-order valence-electron chi connectivity index (χ2n) is 5.80. The minimum atomic E-state index is -0.503. The molecule has 1 aromatic rings. The Kier molecular flexibility index (Phi) is 4.94. The Hall–Kier alpha value is -1.20. The van der Waals surface area contributed by atoms with E-state index >= 15 is 0 Å². The first-order valence-electron chi connectivity index (χ1n) is 7.09. The van der Waals surface area contributed by atoms with Crippen LogP contribution in [0.1, 0.15) is 18.4 Å². The summed E-state index contributed by atoms with van der Waals surface area (Å²) in [5.41, 5.74) is 6.02. The normalized spacial score (nSPS) is 17.0. The number of halogens is 2. The van der Waals surface area contributed by atoms with Gasteiger partial charge in [0, 0.05) is 26.2 Å². The van der Waals surface area contributed by atoms with Crippen LogP contribution in [0.5, 0.6) is 0 Å². The highest BCUT2D eigenvalue weighted by atomic mass is 19.1. The molecule has 20 heavy (non-hydrogen) atoms. The first-order chi connectivity index (χ1) is 9.51. The highest BCUT2D eigenvalue weighted by Gasteiger charge is 2.24. The van der Waals surface area contributed by atoms with Crippen molar-refractivity contribution in [3.05, 3.63) is 29.3 Å². The fourth-order valence-corrected chi connectivity index (χ4v) is 2.89. The number of nitrogens with zero attached hydrogens (tertiary/aromatic N) is 2. The Bertz CT molecular complexity index is 431. The van der Waals surface area contributed by atoms with Crippen LogP contribution in [0.15, 0.2) is 12.1 Å². The molecule has 0 bridgehead atoms. The van der Waals surface area contributed by atoms with Crippen molar-refractivity contribution in [2.24, 2.45) is 11.7 Å². The molecule has 112 valence electrons. The molecule has 0 saturated carbocycles. The monoisotopic (exact) mass is 283 g/mol. The van der Waals surface area contributed by atoms with Crippen LogP contribution in [-0.4, -0.2) is 38.6 Å². The lowest BCUT2D eigenvalue weighted by atomic mass is 9.96. The number of hydrogen-bond donors (Lipinski definition) is 1. The molecule has 2 N–H and O–H groups in total. The van der Waals surface area contributed by atoms with Gasteiger partial charge in [0.05, 0.1) is 0 Å². The standard InChI is InChI=1S/C15H23F2N3/c1-19(2)10-11-3-5-20(6-4-11)15-13(16)7-12(9-18)8-14(15)17/h7-8,11H,3-6,9-10,18H2,1-2H3. The number of rotatable bonds is 4. The van der Waals surface area contributed by atoms with Gasteiger partial charge in [0.2, 0.25) is 0 Å². The van der Waals surface area contributed by atoms with Gasteiger partial charge in [0.1, 0.15) is 17.3 Å².